The first-order valence-corrected chi connectivity index (χ1v) is 13.7. The van der Waals surface area contributed by atoms with Gasteiger partial charge in [-0.25, -0.2) is 9.97 Å². The maximum Gasteiger partial charge on any atom is 0.305 e. The number of ether oxygens (including phenoxy) is 2. The summed E-state index contributed by atoms with van der Waals surface area (Å²) >= 11 is 12.6. The number of carbonyl (C=O) groups is 1. The van der Waals surface area contributed by atoms with Gasteiger partial charge in [0.15, 0.2) is 0 Å². The van der Waals surface area contributed by atoms with Gasteiger partial charge < -0.3 is 19.8 Å². The third-order valence-electron chi connectivity index (χ3n) is 6.98. The molecule has 10 heteroatoms. The molecule has 1 aromatic carbocycles. The number of rotatable bonds is 9. The van der Waals surface area contributed by atoms with Gasteiger partial charge >= 0.3 is 5.97 Å². The predicted molar refractivity (Wildman–Crippen MR) is 153 cm³/mol. The van der Waals surface area contributed by atoms with E-state index in [0.717, 1.165) is 60.3 Å². The van der Waals surface area contributed by atoms with E-state index in [2.05, 4.69) is 9.88 Å². The molecule has 0 amide bonds. The molecule has 4 heterocycles. The van der Waals surface area contributed by atoms with Crippen molar-refractivity contribution >= 4 is 40.2 Å². The Bertz CT molecular complexity index is 1450. The number of aromatic nitrogens is 3. The SMILES string of the molecule is COC(=O)CC1CCN(Cc2cc(Oc3cnc4c(ccn4CCN)c3)nc(-c3cc(Cl)cc(Cl)c3)c2)CC1. The molecule has 1 aliphatic heterocycles. The van der Waals surface area contributed by atoms with Gasteiger partial charge in [-0.3, -0.25) is 9.69 Å². The van der Waals surface area contributed by atoms with Crippen molar-refractivity contribution in [1.82, 2.24) is 19.4 Å². The second-order valence-electron chi connectivity index (χ2n) is 9.84. The monoisotopic (exact) mass is 567 g/mol. The van der Waals surface area contributed by atoms with E-state index in [4.69, 9.17) is 43.4 Å². The first-order chi connectivity index (χ1) is 18.9. The number of carbonyl (C=O) groups excluding carboxylic acids is 1. The van der Waals surface area contributed by atoms with Crippen LogP contribution in [0.4, 0.5) is 0 Å². The Labute approximate surface area is 237 Å². The van der Waals surface area contributed by atoms with Crippen LogP contribution in [-0.4, -0.2) is 52.1 Å². The summed E-state index contributed by atoms with van der Waals surface area (Å²) in [5.41, 5.74) is 9.16. The molecule has 8 nitrogen and oxygen atoms in total. The molecule has 1 fully saturated rings. The van der Waals surface area contributed by atoms with E-state index in [1.807, 2.05) is 47.2 Å². The Balaban J connectivity index is 1.39. The van der Waals surface area contributed by atoms with E-state index in [-0.39, 0.29) is 5.97 Å². The molecular formula is C29H31Cl2N5O3. The van der Waals surface area contributed by atoms with Crippen molar-refractivity contribution in [2.45, 2.75) is 32.4 Å². The lowest BCUT2D eigenvalue weighted by Crippen LogP contribution is -2.34. The number of methoxy groups -OCH3 is 1. The quantitative estimate of drug-likeness (QED) is 0.250. The summed E-state index contributed by atoms with van der Waals surface area (Å²) < 4.78 is 13.1. The summed E-state index contributed by atoms with van der Waals surface area (Å²) in [4.78, 5) is 23.4. The van der Waals surface area contributed by atoms with Gasteiger partial charge in [-0.15, -0.1) is 0 Å². The van der Waals surface area contributed by atoms with Crippen LogP contribution in [0.1, 0.15) is 24.8 Å². The first-order valence-electron chi connectivity index (χ1n) is 13.0. The number of esters is 1. The Morgan fingerprint density at radius 3 is 2.59 bits per heavy atom. The van der Waals surface area contributed by atoms with E-state index in [0.29, 0.717) is 47.1 Å². The van der Waals surface area contributed by atoms with Gasteiger partial charge in [0.1, 0.15) is 11.4 Å². The van der Waals surface area contributed by atoms with Gasteiger partial charge in [0.05, 0.1) is 19.0 Å². The molecule has 0 aliphatic carbocycles. The van der Waals surface area contributed by atoms with Crippen LogP contribution in [0.2, 0.25) is 10.0 Å². The molecule has 0 atom stereocenters. The highest BCUT2D eigenvalue weighted by Gasteiger charge is 2.22. The molecule has 5 rings (SSSR count). The summed E-state index contributed by atoms with van der Waals surface area (Å²) in [6, 6.07) is 13.3. The lowest BCUT2D eigenvalue weighted by atomic mass is 9.93. The Morgan fingerprint density at radius 2 is 1.87 bits per heavy atom. The van der Waals surface area contributed by atoms with Crippen LogP contribution in [0.25, 0.3) is 22.3 Å². The Hall–Kier alpha value is -3.17. The topological polar surface area (TPSA) is 95.5 Å². The highest BCUT2D eigenvalue weighted by molar-refractivity contribution is 6.35. The van der Waals surface area contributed by atoms with Gasteiger partial charge in [0, 0.05) is 59.3 Å². The summed E-state index contributed by atoms with van der Waals surface area (Å²) in [7, 11) is 1.44. The number of halogens is 2. The summed E-state index contributed by atoms with van der Waals surface area (Å²) in [6.45, 7) is 3.77. The van der Waals surface area contributed by atoms with Crippen molar-refractivity contribution in [3.05, 3.63) is 70.5 Å². The standard InChI is InChI=1S/C29H31Cl2N5O3/c1-38-28(37)12-19-2-6-35(7-3-19)18-20-10-26(22-13-23(30)16-24(31)14-22)34-27(11-20)39-25-15-21-4-8-36(9-5-32)29(21)33-17-25/h4,8,10-11,13-17,19H,2-3,5-7,9,12,18,32H2,1H3. The summed E-state index contributed by atoms with van der Waals surface area (Å²) in [5, 5.41) is 2.04. The first kappa shape index (κ1) is 27.4. The minimum absolute atomic E-state index is 0.141. The van der Waals surface area contributed by atoms with Crippen LogP contribution in [-0.2, 0) is 22.6 Å². The molecule has 1 saturated heterocycles. The van der Waals surface area contributed by atoms with E-state index in [1.165, 1.54) is 7.11 Å². The van der Waals surface area contributed by atoms with Crippen LogP contribution < -0.4 is 10.5 Å². The average molecular weight is 569 g/mol. The number of nitrogens with two attached hydrogens (primary N) is 1. The zero-order valence-corrected chi connectivity index (χ0v) is 23.3. The maximum atomic E-state index is 11.7. The van der Waals surface area contributed by atoms with Crippen molar-refractivity contribution in [2.24, 2.45) is 11.7 Å². The lowest BCUT2D eigenvalue weighted by molar-refractivity contribution is -0.142. The molecule has 204 valence electrons. The number of fused-ring (bicyclic) bond motifs is 1. The van der Waals surface area contributed by atoms with Gasteiger partial charge in [-0.2, -0.15) is 0 Å². The second-order valence-corrected chi connectivity index (χ2v) is 10.7. The predicted octanol–water partition coefficient (Wildman–Crippen LogP) is 5.93. The molecule has 3 aromatic heterocycles. The molecule has 0 saturated carbocycles. The average Bonchev–Trinajstić information content (AvgIpc) is 3.31. The highest BCUT2D eigenvalue weighted by atomic mass is 35.5. The van der Waals surface area contributed by atoms with Crippen molar-refractivity contribution in [2.75, 3.05) is 26.7 Å². The van der Waals surface area contributed by atoms with Crippen LogP contribution in [0, 0.1) is 5.92 Å². The minimum Gasteiger partial charge on any atom is -0.469 e. The number of hydrogen-bond donors (Lipinski definition) is 1. The van der Waals surface area contributed by atoms with Gasteiger partial charge in [-0.05, 0) is 73.8 Å². The largest absolute Gasteiger partial charge is 0.469 e. The minimum atomic E-state index is -0.141. The maximum absolute atomic E-state index is 11.7. The molecule has 39 heavy (non-hydrogen) atoms. The molecule has 0 unspecified atom stereocenters. The molecule has 2 N–H and O–H groups in total. The van der Waals surface area contributed by atoms with Gasteiger partial charge in [0.2, 0.25) is 5.88 Å². The number of hydrogen-bond acceptors (Lipinski definition) is 7. The van der Waals surface area contributed by atoms with E-state index in [1.54, 1.807) is 12.3 Å². The highest BCUT2D eigenvalue weighted by Crippen LogP contribution is 2.31. The fourth-order valence-electron chi connectivity index (χ4n) is 5.03. The summed E-state index contributed by atoms with van der Waals surface area (Å²) in [6.07, 6.45) is 6.06. The number of likely N-dealkylation sites (tertiary alicyclic amines) is 1. The summed E-state index contributed by atoms with van der Waals surface area (Å²) in [5.74, 6) is 1.27. The third kappa shape index (κ3) is 6.89. The molecule has 0 radical (unpaired) electrons. The van der Waals surface area contributed by atoms with Crippen LogP contribution in [0.3, 0.4) is 0 Å². The Morgan fingerprint density at radius 1 is 1.10 bits per heavy atom. The van der Waals surface area contributed by atoms with E-state index < -0.39 is 0 Å². The molecule has 1 aliphatic rings. The van der Waals surface area contributed by atoms with Crippen LogP contribution in [0.5, 0.6) is 11.6 Å². The molecule has 0 spiro atoms. The normalized spacial score (nSPS) is 14.6. The fraction of sp³-hybridized carbons (Fsp3) is 0.345. The molecule has 4 aromatic rings. The lowest BCUT2D eigenvalue weighted by Gasteiger charge is -2.31. The number of benzene rings is 1. The van der Waals surface area contributed by atoms with Crippen LogP contribution >= 0.6 is 23.2 Å². The Kier molecular flexibility index (Phi) is 8.67. The third-order valence-corrected chi connectivity index (χ3v) is 7.42. The van der Waals surface area contributed by atoms with Crippen LogP contribution in [0.15, 0.2) is 54.9 Å². The smallest absolute Gasteiger partial charge is 0.305 e. The van der Waals surface area contributed by atoms with Gasteiger partial charge in [-0.1, -0.05) is 23.2 Å². The van der Waals surface area contributed by atoms with E-state index >= 15 is 0 Å². The van der Waals surface area contributed by atoms with E-state index in [9.17, 15) is 4.79 Å². The zero-order chi connectivity index (χ0) is 27.4. The van der Waals surface area contributed by atoms with Crippen molar-refractivity contribution < 1.29 is 14.3 Å². The van der Waals surface area contributed by atoms with Gasteiger partial charge in [0.25, 0.3) is 0 Å². The van der Waals surface area contributed by atoms with Crippen molar-refractivity contribution in [3.63, 3.8) is 0 Å². The number of pyridine rings is 2. The number of piperidine rings is 1. The fourth-order valence-corrected chi connectivity index (χ4v) is 5.56. The zero-order valence-electron chi connectivity index (χ0n) is 21.8. The van der Waals surface area contributed by atoms with Crippen molar-refractivity contribution in [1.29, 1.82) is 0 Å². The second kappa shape index (κ2) is 12.3. The van der Waals surface area contributed by atoms with Crippen molar-refractivity contribution in [3.8, 4) is 22.9 Å². The molecule has 0 bridgehead atoms. The number of nitrogens with zero attached hydrogens (tertiary/aromatic N) is 4. The molecular weight excluding hydrogens is 537 g/mol.